The maximum atomic E-state index is 4.60. The lowest BCUT2D eigenvalue weighted by molar-refractivity contribution is 0.455. The first-order chi connectivity index (χ1) is 22.7. The molecular formula is C44H54N2S. The van der Waals surface area contributed by atoms with Crippen molar-refractivity contribution >= 4 is 44.0 Å². The average molecular weight is 643 g/mol. The van der Waals surface area contributed by atoms with E-state index in [2.05, 4.69) is 119 Å². The summed E-state index contributed by atoms with van der Waals surface area (Å²) in [5.41, 5.74) is 13.3. The van der Waals surface area contributed by atoms with E-state index in [0.29, 0.717) is 5.92 Å². The van der Waals surface area contributed by atoms with Crippen LogP contribution in [0.25, 0.3) is 54.3 Å². The van der Waals surface area contributed by atoms with Crippen LogP contribution in [0.3, 0.4) is 0 Å². The number of hydrogen-bond donors (Lipinski definition) is 1. The third kappa shape index (κ3) is 7.08. The Labute approximate surface area is 287 Å². The number of allylic oxidation sites excluding steroid dienone is 1. The average Bonchev–Trinajstić information content (AvgIpc) is 3.76. The fraction of sp³-hybridized carbons (Fsp3) is 0.409. The maximum absolute atomic E-state index is 4.60. The summed E-state index contributed by atoms with van der Waals surface area (Å²) in [6.07, 6.45) is 8.96. The lowest BCUT2D eigenvalue weighted by Gasteiger charge is -2.17. The van der Waals surface area contributed by atoms with Crippen LogP contribution in [-0.2, 0) is 19.4 Å². The first kappa shape index (κ1) is 33.5. The zero-order valence-corrected chi connectivity index (χ0v) is 30.5. The summed E-state index contributed by atoms with van der Waals surface area (Å²) in [5.74, 6) is 2.07. The summed E-state index contributed by atoms with van der Waals surface area (Å²) < 4.78 is 4.04. The Morgan fingerprint density at radius 1 is 0.936 bits per heavy atom. The van der Waals surface area contributed by atoms with Crippen molar-refractivity contribution in [1.29, 1.82) is 0 Å². The number of nitrogens with zero attached hydrogens (tertiary/aromatic N) is 1. The van der Waals surface area contributed by atoms with Gasteiger partial charge in [0.1, 0.15) is 0 Å². The molecule has 1 fully saturated rings. The minimum absolute atomic E-state index is 0.559. The minimum Gasteiger partial charge on any atom is -0.340 e. The number of thiophene rings is 1. The molecule has 1 aliphatic carbocycles. The topological polar surface area (TPSA) is 17.0 Å². The van der Waals surface area contributed by atoms with Gasteiger partial charge in [0.15, 0.2) is 0 Å². The summed E-state index contributed by atoms with van der Waals surface area (Å²) in [6, 6.07) is 21.2. The summed E-state index contributed by atoms with van der Waals surface area (Å²) in [6.45, 7) is 25.7. The molecule has 0 amide bonds. The lowest BCUT2D eigenvalue weighted by Crippen LogP contribution is -2.26. The molecular weight excluding hydrogens is 589 g/mol. The molecule has 2 aromatic heterocycles. The highest BCUT2D eigenvalue weighted by Gasteiger charge is 2.26. The molecule has 0 aliphatic heterocycles. The summed E-state index contributed by atoms with van der Waals surface area (Å²) in [4.78, 5) is 1.42. The van der Waals surface area contributed by atoms with Crippen LogP contribution in [0.4, 0.5) is 0 Å². The smallest absolute Gasteiger partial charge is 0.0596 e. The van der Waals surface area contributed by atoms with Gasteiger partial charge in [-0.1, -0.05) is 90.6 Å². The molecule has 1 saturated carbocycles. The van der Waals surface area contributed by atoms with Crippen LogP contribution in [0.2, 0.25) is 0 Å². The Morgan fingerprint density at radius 2 is 1.66 bits per heavy atom. The molecule has 3 aromatic carbocycles. The molecule has 6 rings (SSSR count). The van der Waals surface area contributed by atoms with Crippen LogP contribution >= 0.6 is 11.3 Å². The van der Waals surface area contributed by atoms with Crippen LogP contribution in [-0.4, -0.2) is 17.7 Å². The zero-order valence-electron chi connectivity index (χ0n) is 29.6. The van der Waals surface area contributed by atoms with Crippen LogP contribution in [0.5, 0.6) is 0 Å². The molecule has 0 radical (unpaired) electrons. The molecule has 2 nitrogen and oxygen atoms in total. The van der Waals surface area contributed by atoms with Gasteiger partial charge < -0.3 is 9.88 Å². The number of benzene rings is 3. The van der Waals surface area contributed by atoms with E-state index in [1.807, 2.05) is 17.4 Å². The van der Waals surface area contributed by atoms with Gasteiger partial charge in [-0.05, 0) is 144 Å². The minimum atomic E-state index is 0.559. The summed E-state index contributed by atoms with van der Waals surface area (Å²) in [7, 11) is 0. The second-order valence-electron chi connectivity index (χ2n) is 14.3. The highest BCUT2D eigenvalue weighted by atomic mass is 32.1. The maximum Gasteiger partial charge on any atom is 0.0596 e. The van der Waals surface area contributed by atoms with Crippen LogP contribution < -0.4 is 5.32 Å². The molecule has 246 valence electrons. The standard InChI is InChI=1S/C44H54N2S/c1-9-28(5)25-45-26-29(6)19-30(7)39-21-35(12-4)43-31(8)44(47-42(43)24-39)41-23-38-18-17-37(22-40(38)46(41)27-32-13-14-32)36-16-15-33(10-2)34(11-3)20-36/h11,15-18,20-24,28-29,32,45H,3,7,9-10,12-14,19,25-27H2,1-2,4-6,8H3. The lowest BCUT2D eigenvalue weighted by atomic mass is 9.93. The molecule has 2 heterocycles. The van der Waals surface area contributed by atoms with Crippen LogP contribution in [0, 0.1) is 24.7 Å². The van der Waals surface area contributed by atoms with Crippen molar-refractivity contribution in [3.05, 3.63) is 95.6 Å². The molecule has 47 heavy (non-hydrogen) atoms. The van der Waals surface area contributed by atoms with Crippen molar-refractivity contribution < 1.29 is 0 Å². The zero-order chi connectivity index (χ0) is 33.2. The predicted molar refractivity (Wildman–Crippen MR) is 210 cm³/mol. The fourth-order valence-corrected chi connectivity index (χ4v) is 8.52. The Bertz CT molecular complexity index is 1910. The Balaban J connectivity index is 1.37. The van der Waals surface area contributed by atoms with Crippen molar-refractivity contribution in [2.24, 2.45) is 17.8 Å². The van der Waals surface area contributed by atoms with E-state index in [1.165, 1.54) is 95.3 Å². The van der Waals surface area contributed by atoms with Crippen LogP contribution in [0.15, 0.2) is 67.8 Å². The monoisotopic (exact) mass is 642 g/mol. The Kier molecular flexibility index (Phi) is 10.2. The van der Waals surface area contributed by atoms with Gasteiger partial charge in [0.05, 0.1) is 10.6 Å². The number of nitrogens with one attached hydrogen (secondary N) is 1. The van der Waals surface area contributed by atoms with E-state index < -0.39 is 0 Å². The van der Waals surface area contributed by atoms with Gasteiger partial charge in [-0.3, -0.25) is 0 Å². The third-order valence-corrected chi connectivity index (χ3v) is 11.8. The van der Waals surface area contributed by atoms with E-state index >= 15 is 0 Å². The van der Waals surface area contributed by atoms with E-state index in [0.717, 1.165) is 50.7 Å². The van der Waals surface area contributed by atoms with E-state index in [-0.39, 0.29) is 0 Å². The molecule has 0 spiro atoms. The number of hydrogen-bond acceptors (Lipinski definition) is 2. The molecule has 5 aromatic rings. The highest BCUT2D eigenvalue weighted by Crippen LogP contribution is 2.45. The molecule has 3 heteroatoms. The third-order valence-electron chi connectivity index (χ3n) is 10.5. The second-order valence-corrected chi connectivity index (χ2v) is 15.4. The van der Waals surface area contributed by atoms with E-state index in [4.69, 9.17) is 0 Å². The molecule has 1 aliphatic rings. The number of aromatic nitrogens is 1. The largest absolute Gasteiger partial charge is 0.340 e. The highest BCUT2D eigenvalue weighted by molar-refractivity contribution is 7.22. The molecule has 0 saturated heterocycles. The van der Waals surface area contributed by atoms with Gasteiger partial charge in [-0.25, -0.2) is 0 Å². The SMILES string of the molecule is C=Cc1cc(-c2ccc3cc(-c4sc5cc(C(=C)CC(C)CNCC(C)CC)cc(CC)c5c4C)n(CC4CC4)c3c2)ccc1CC. The normalized spacial score (nSPS) is 14.6. The van der Waals surface area contributed by atoms with Crippen molar-refractivity contribution in [2.75, 3.05) is 13.1 Å². The van der Waals surface area contributed by atoms with Gasteiger partial charge in [-0.2, -0.15) is 0 Å². The number of rotatable bonds is 15. The predicted octanol–water partition coefficient (Wildman–Crippen LogP) is 12.4. The van der Waals surface area contributed by atoms with Gasteiger partial charge >= 0.3 is 0 Å². The molecule has 1 N–H and O–H groups in total. The first-order valence-electron chi connectivity index (χ1n) is 18.1. The molecule has 2 unspecified atom stereocenters. The van der Waals surface area contributed by atoms with Gasteiger partial charge in [-0.15, -0.1) is 11.3 Å². The van der Waals surface area contributed by atoms with E-state index in [9.17, 15) is 0 Å². The summed E-state index contributed by atoms with van der Waals surface area (Å²) >= 11 is 1.98. The van der Waals surface area contributed by atoms with E-state index in [1.54, 1.807) is 0 Å². The van der Waals surface area contributed by atoms with Crippen molar-refractivity contribution in [3.8, 4) is 21.7 Å². The quantitative estimate of drug-likeness (QED) is 0.120. The van der Waals surface area contributed by atoms with Crippen LogP contribution in [0.1, 0.15) is 88.1 Å². The number of aryl methyl sites for hydroxylation is 3. The second kappa shape index (κ2) is 14.4. The van der Waals surface area contributed by atoms with Gasteiger partial charge in [0.25, 0.3) is 0 Å². The van der Waals surface area contributed by atoms with Gasteiger partial charge in [0.2, 0.25) is 0 Å². The molecule has 0 bridgehead atoms. The fourth-order valence-electron chi connectivity index (χ4n) is 7.20. The summed E-state index contributed by atoms with van der Waals surface area (Å²) in [5, 5.41) is 6.46. The van der Waals surface area contributed by atoms with Crippen molar-refractivity contribution in [1.82, 2.24) is 9.88 Å². The Morgan fingerprint density at radius 3 is 2.36 bits per heavy atom. The first-order valence-corrected chi connectivity index (χ1v) is 18.9. The van der Waals surface area contributed by atoms with Gasteiger partial charge in [0, 0.05) is 22.1 Å². The number of fused-ring (bicyclic) bond motifs is 2. The van der Waals surface area contributed by atoms with Crippen molar-refractivity contribution in [3.63, 3.8) is 0 Å². The van der Waals surface area contributed by atoms with Crippen molar-refractivity contribution in [2.45, 2.75) is 86.6 Å². The molecule has 2 atom stereocenters. The Hall–Kier alpha value is -3.40.